The van der Waals surface area contributed by atoms with Gasteiger partial charge in [-0.25, -0.2) is 0 Å². The predicted molar refractivity (Wildman–Crippen MR) is 129 cm³/mol. The Balaban J connectivity index is 1.79. The molecule has 0 spiro atoms. The van der Waals surface area contributed by atoms with Crippen LogP contribution < -0.4 is 0 Å². The lowest BCUT2D eigenvalue weighted by Crippen LogP contribution is -1.92. The highest BCUT2D eigenvalue weighted by Crippen LogP contribution is 2.36. The summed E-state index contributed by atoms with van der Waals surface area (Å²) in [6.45, 7) is 7.39. The van der Waals surface area contributed by atoms with Crippen LogP contribution in [0.25, 0.3) is 16.0 Å². The van der Waals surface area contributed by atoms with Crippen LogP contribution in [0.15, 0.2) is 35.5 Å². The highest BCUT2D eigenvalue weighted by Gasteiger charge is 2.14. The number of thiophene rings is 1. The zero-order valence-electron chi connectivity index (χ0n) is 18.5. The maximum absolute atomic E-state index is 4.64. The Kier molecular flexibility index (Phi) is 8.67. The van der Waals surface area contributed by atoms with Gasteiger partial charge in [0.15, 0.2) is 0 Å². The van der Waals surface area contributed by atoms with Crippen molar-refractivity contribution in [2.24, 2.45) is 4.99 Å². The van der Waals surface area contributed by atoms with Crippen LogP contribution in [-0.2, 0) is 12.8 Å². The molecule has 1 aliphatic heterocycles. The minimum Gasteiger partial charge on any atom is -0.285 e. The van der Waals surface area contributed by atoms with Gasteiger partial charge in [0.25, 0.3) is 0 Å². The van der Waals surface area contributed by atoms with E-state index in [2.05, 4.69) is 55.0 Å². The lowest BCUT2D eigenvalue weighted by atomic mass is 10.0. The van der Waals surface area contributed by atoms with Gasteiger partial charge in [0, 0.05) is 27.2 Å². The molecule has 0 atom stereocenters. The topological polar surface area (TPSA) is 25.2 Å². The van der Waals surface area contributed by atoms with Gasteiger partial charge in [-0.2, -0.15) is 0 Å². The fraction of sp³-hybridized carbons (Fsp3) is 0.538. The molecule has 0 saturated heterocycles. The molecular formula is C26H36N2S. The number of hydrogen-bond acceptors (Lipinski definition) is 3. The van der Waals surface area contributed by atoms with Crippen molar-refractivity contribution in [3.8, 4) is 10.4 Å². The summed E-state index contributed by atoms with van der Waals surface area (Å²) in [5.41, 5.74) is 6.30. The molecule has 0 fully saturated rings. The molecule has 29 heavy (non-hydrogen) atoms. The van der Waals surface area contributed by atoms with E-state index >= 15 is 0 Å². The van der Waals surface area contributed by atoms with Gasteiger partial charge in [-0.1, -0.05) is 52.4 Å². The zero-order chi connectivity index (χ0) is 20.5. The summed E-state index contributed by atoms with van der Waals surface area (Å²) in [5, 5.41) is 0. The van der Waals surface area contributed by atoms with E-state index in [-0.39, 0.29) is 0 Å². The van der Waals surface area contributed by atoms with Crippen LogP contribution in [0.5, 0.6) is 0 Å². The Bertz CT molecular complexity index is 844. The molecular weight excluding hydrogens is 372 g/mol. The fourth-order valence-corrected chi connectivity index (χ4v) is 5.21. The van der Waals surface area contributed by atoms with Gasteiger partial charge in [0.05, 0.1) is 12.2 Å². The molecule has 0 unspecified atom stereocenters. The van der Waals surface area contributed by atoms with Crippen LogP contribution in [0.1, 0.15) is 88.3 Å². The third kappa shape index (κ3) is 6.37. The van der Waals surface area contributed by atoms with Crippen molar-refractivity contribution >= 4 is 22.6 Å². The largest absolute Gasteiger partial charge is 0.285 e. The monoisotopic (exact) mass is 408 g/mol. The van der Waals surface area contributed by atoms with E-state index < -0.39 is 0 Å². The minimum atomic E-state index is 0.763. The van der Waals surface area contributed by atoms with Crippen molar-refractivity contribution in [2.75, 3.05) is 6.54 Å². The molecule has 0 aromatic carbocycles. The maximum Gasteiger partial charge on any atom is 0.0687 e. The molecule has 0 N–H and O–H groups in total. The summed E-state index contributed by atoms with van der Waals surface area (Å²) in [6.07, 6.45) is 17.2. The Hall–Kier alpha value is -1.74. The average molecular weight is 409 g/mol. The Labute approximate surface area is 181 Å². The lowest BCUT2D eigenvalue weighted by molar-refractivity contribution is 0.665. The number of nitrogens with zero attached hydrogens (tertiary/aromatic N) is 2. The molecule has 0 saturated carbocycles. The molecule has 156 valence electrons. The van der Waals surface area contributed by atoms with Gasteiger partial charge in [-0.15, -0.1) is 11.3 Å². The second-order valence-corrected chi connectivity index (χ2v) is 9.38. The summed E-state index contributed by atoms with van der Waals surface area (Å²) in [7, 11) is 0. The van der Waals surface area contributed by atoms with Crippen LogP contribution in [-0.4, -0.2) is 17.2 Å². The first-order chi connectivity index (χ1) is 14.2. The standard InChI is InChI=1S/C26H36N2S/c1-4-6-8-10-12-21-17-24(13-11-9-7-5-2)29-26(21)22-14-15-27-25(18-22)23-16-20(3)28-19-23/h14-18H,4-13,19H2,1-3H3. The van der Waals surface area contributed by atoms with E-state index in [0.29, 0.717) is 0 Å². The normalized spacial score (nSPS) is 13.6. The van der Waals surface area contributed by atoms with Crippen LogP contribution >= 0.6 is 11.3 Å². The lowest BCUT2D eigenvalue weighted by Gasteiger charge is -2.07. The fourth-order valence-electron chi connectivity index (χ4n) is 3.96. The summed E-state index contributed by atoms with van der Waals surface area (Å²) in [4.78, 5) is 12.2. The van der Waals surface area contributed by atoms with Crippen molar-refractivity contribution < 1.29 is 0 Å². The highest BCUT2D eigenvalue weighted by molar-refractivity contribution is 7.15. The van der Waals surface area contributed by atoms with Crippen molar-refractivity contribution in [3.63, 3.8) is 0 Å². The maximum atomic E-state index is 4.64. The summed E-state index contributed by atoms with van der Waals surface area (Å²) < 4.78 is 0. The van der Waals surface area contributed by atoms with Gasteiger partial charge < -0.3 is 0 Å². The molecule has 0 amide bonds. The van der Waals surface area contributed by atoms with E-state index in [1.807, 2.05) is 17.5 Å². The van der Waals surface area contributed by atoms with Crippen LogP contribution in [0.3, 0.4) is 0 Å². The van der Waals surface area contributed by atoms with Crippen molar-refractivity contribution in [1.82, 2.24) is 4.98 Å². The Morgan fingerprint density at radius 2 is 1.69 bits per heavy atom. The number of aryl methyl sites for hydroxylation is 2. The molecule has 1 aliphatic rings. The van der Waals surface area contributed by atoms with Gasteiger partial charge >= 0.3 is 0 Å². The molecule has 3 rings (SSSR count). The van der Waals surface area contributed by atoms with Gasteiger partial charge in [0.2, 0.25) is 0 Å². The van der Waals surface area contributed by atoms with Crippen molar-refractivity contribution in [3.05, 3.63) is 46.6 Å². The third-order valence-electron chi connectivity index (χ3n) is 5.67. The molecule has 2 aromatic heterocycles. The third-order valence-corrected chi connectivity index (χ3v) is 6.96. The van der Waals surface area contributed by atoms with E-state index in [9.17, 15) is 0 Å². The predicted octanol–water partition coefficient (Wildman–Crippen LogP) is 7.91. The van der Waals surface area contributed by atoms with Crippen LogP contribution in [0, 0.1) is 0 Å². The second-order valence-electron chi connectivity index (χ2n) is 8.25. The molecule has 0 radical (unpaired) electrons. The molecule has 0 aliphatic carbocycles. The number of hydrogen-bond donors (Lipinski definition) is 0. The van der Waals surface area contributed by atoms with E-state index in [0.717, 1.165) is 18.0 Å². The van der Waals surface area contributed by atoms with E-state index in [1.165, 1.54) is 80.2 Å². The Morgan fingerprint density at radius 3 is 2.38 bits per heavy atom. The number of unbranched alkanes of at least 4 members (excludes halogenated alkanes) is 6. The number of rotatable bonds is 12. The van der Waals surface area contributed by atoms with Crippen LogP contribution in [0.2, 0.25) is 0 Å². The first-order valence-corrected chi connectivity index (χ1v) is 12.3. The quantitative estimate of drug-likeness (QED) is 0.327. The molecule has 0 bridgehead atoms. The number of allylic oxidation sites excluding steroid dienone is 1. The first kappa shape index (κ1) is 22.0. The summed E-state index contributed by atoms with van der Waals surface area (Å²) in [5.74, 6) is 0. The molecule has 2 aromatic rings. The Morgan fingerprint density at radius 1 is 0.931 bits per heavy atom. The number of aliphatic imine (C=N–C) groups is 1. The van der Waals surface area contributed by atoms with Gasteiger partial charge in [-0.3, -0.25) is 9.98 Å². The average Bonchev–Trinajstić information content (AvgIpc) is 3.35. The SMILES string of the molecule is CCCCCCc1cc(CCCCCC)c(-c2ccnc(C3=CC(C)=NC3)c2)s1. The number of pyridine rings is 1. The van der Waals surface area contributed by atoms with Crippen molar-refractivity contribution in [1.29, 1.82) is 0 Å². The minimum absolute atomic E-state index is 0.763. The summed E-state index contributed by atoms with van der Waals surface area (Å²) in [6, 6.07) is 6.97. The van der Waals surface area contributed by atoms with Crippen molar-refractivity contribution in [2.45, 2.75) is 85.0 Å². The smallest absolute Gasteiger partial charge is 0.0687 e. The molecule has 3 heteroatoms. The van der Waals surface area contributed by atoms with Gasteiger partial charge in [0.1, 0.15) is 0 Å². The van der Waals surface area contributed by atoms with E-state index in [4.69, 9.17) is 0 Å². The van der Waals surface area contributed by atoms with Gasteiger partial charge in [-0.05, 0) is 68.0 Å². The summed E-state index contributed by atoms with van der Waals surface area (Å²) >= 11 is 2.01. The first-order valence-electron chi connectivity index (χ1n) is 11.5. The highest BCUT2D eigenvalue weighted by atomic mass is 32.1. The number of aromatic nitrogens is 1. The molecule has 2 nitrogen and oxygen atoms in total. The van der Waals surface area contributed by atoms with Crippen LogP contribution in [0.4, 0.5) is 0 Å². The second kappa shape index (κ2) is 11.4. The zero-order valence-corrected chi connectivity index (χ0v) is 19.3. The van der Waals surface area contributed by atoms with E-state index in [1.54, 1.807) is 10.4 Å². The molecule has 3 heterocycles.